The average Bonchev–Trinajstić information content (AvgIpc) is 2.30. The third-order valence-electron chi connectivity index (χ3n) is 3.32. The zero-order valence-electron chi connectivity index (χ0n) is 14.2. The largest absolute Gasteiger partial charge is 0.522 e. The van der Waals surface area contributed by atoms with Crippen molar-refractivity contribution in [1.29, 1.82) is 0 Å². The Balaban J connectivity index is 5.60. The van der Waals surface area contributed by atoms with Crippen LogP contribution >= 0.6 is 0 Å². The van der Waals surface area contributed by atoms with Crippen molar-refractivity contribution >= 4 is 8.88 Å². The highest BCUT2D eigenvalue weighted by molar-refractivity contribution is 6.61. The van der Waals surface area contributed by atoms with Crippen LogP contribution in [0.5, 0.6) is 0 Å². The van der Waals surface area contributed by atoms with Crippen LogP contribution in [0.2, 0.25) is 0 Å². The Morgan fingerprint density at radius 2 is 1.05 bits per heavy atom. The smallest absolute Gasteiger partial charge is 0.371 e. The van der Waals surface area contributed by atoms with E-state index < -0.39 is 8.88 Å². The van der Waals surface area contributed by atoms with Crippen molar-refractivity contribution in [2.75, 3.05) is 26.3 Å². The van der Waals surface area contributed by atoms with Gasteiger partial charge >= 0.3 is 8.88 Å². The Kier molecular flexibility index (Phi) is 9.10. The molecular weight excluding hydrogens is 256 g/mol. The molecule has 0 unspecified atom stereocenters. The van der Waals surface area contributed by atoms with Gasteiger partial charge in [-0.05, 0) is 26.9 Å². The molecule has 0 N–H and O–H groups in total. The molecule has 0 atom stereocenters. The summed E-state index contributed by atoms with van der Waals surface area (Å²) in [4.78, 5) is 0. The Bertz CT molecular complexity index is 213. The van der Waals surface area contributed by atoms with Crippen molar-refractivity contribution < 1.29 is 8.85 Å². The third-order valence-corrected chi connectivity index (χ3v) is 7.77. The SMILES string of the molecule is CCO[Si](OCC)(N(CC)C(C)C)N(CC)C(C)C. The summed E-state index contributed by atoms with van der Waals surface area (Å²) in [5, 5.41) is 0. The van der Waals surface area contributed by atoms with E-state index in [0.29, 0.717) is 25.3 Å². The van der Waals surface area contributed by atoms with Crippen molar-refractivity contribution in [3.63, 3.8) is 0 Å². The lowest BCUT2D eigenvalue weighted by Gasteiger charge is -2.48. The van der Waals surface area contributed by atoms with Crippen molar-refractivity contribution in [3.05, 3.63) is 0 Å². The molecule has 0 saturated carbocycles. The standard InChI is InChI=1S/C14H34N2O2Si/c1-9-15(13(5)6)19(17-11-3,18-12-4)16(10-2)14(7)8/h13-14H,9-12H2,1-8H3. The van der Waals surface area contributed by atoms with Crippen molar-refractivity contribution in [2.24, 2.45) is 0 Å². The van der Waals surface area contributed by atoms with Gasteiger partial charge < -0.3 is 8.85 Å². The maximum absolute atomic E-state index is 6.27. The van der Waals surface area contributed by atoms with Gasteiger partial charge in [-0.25, -0.2) is 0 Å². The van der Waals surface area contributed by atoms with Gasteiger partial charge in [0.1, 0.15) is 0 Å². The molecule has 0 aromatic carbocycles. The molecule has 19 heavy (non-hydrogen) atoms. The molecule has 0 aromatic heterocycles. The van der Waals surface area contributed by atoms with Crippen LogP contribution in [0.1, 0.15) is 55.4 Å². The third kappa shape index (κ3) is 4.53. The van der Waals surface area contributed by atoms with Crippen molar-refractivity contribution in [2.45, 2.75) is 67.5 Å². The minimum atomic E-state index is -2.51. The van der Waals surface area contributed by atoms with Gasteiger partial charge in [0, 0.05) is 25.3 Å². The second-order valence-corrected chi connectivity index (χ2v) is 8.00. The summed E-state index contributed by atoms with van der Waals surface area (Å²) in [7, 11) is -2.51. The van der Waals surface area contributed by atoms with E-state index in [2.05, 4.69) is 64.5 Å². The summed E-state index contributed by atoms with van der Waals surface area (Å²) >= 11 is 0. The number of nitrogens with zero attached hydrogens (tertiary/aromatic N) is 2. The van der Waals surface area contributed by atoms with Crippen LogP contribution in [-0.4, -0.2) is 56.4 Å². The predicted molar refractivity (Wildman–Crippen MR) is 84.0 cm³/mol. The zero-order valence-corrected chi connectivity index (χ0v) is 15.2. The van der Waals surface area contributed by atoms with E-state index in [0.717, 1.165) is 13.1 Å². The molecule has 0 heterocycles. The molecule has 4 nitrogen and oxygen atoms in total. The Hall–Kier alpha value is 0.0569. The topological polar surface area (TPSA) is 24.9 Å². The molecule has 0 radical (unpaired) electrons. The summed E-state index contributed by atoms with van der Waals surface area (Å²) in [5.74, 6) is 0. The van der Waals surface area contributed by atoms with E-state index in [4.69, 9.17) is 8.85 Å². The van der Waals surface area contributed by atoms with E-state index in [1.807, 2.05) is 0 Å². The van der Waals surface area contributed by atoms with Crippen molar-refractivity contribution in [1.82, 2.24) is 9.13 Å². The molecule has 0 fully saturated rings. The van der Waals surface area contributed by atoms with Crippen LogP contribution in [0.4, 0.5) is 0 Å². The highest BCUT2D eigenvalue weighted by atomic mass is 28.4. The van der Waals surface area contributed by atoms with Crippen LogP contribution in [0, 0.1) is 0 Å². The minimum Gasteiger partial charge on any atom is -0.371 e. The molecule has 0 bridgehead atoms. The van der Waals surface area contributed by atoms with E-state index >= 15 is 0 Å². The van der Waals surface area contributed by atoms with Crippen molar-refractivity contribution in [3.8, 4) is 0 Å². The number of hydrogen-bond acceptors (Lipinski definition) is 4. The monoisotopic (exact) mass is 290 g/mol. The molecule has 0 aliphatic heterocycles. The summed E-state index contributed by atoms with van der Waals surface area (Å²) in [5.41, 5.74) is 0. The van der Waals surface area contributed by atoms with Gasteiger partial charge in [0.15, 0.2) is 0 Å². The molecular formula is C14H34N2O2Si. The summed E-state index contributed by atoms with van der Waals surface area (Å²) < 4.78 is 17.4. The van der Waals surface area contributed by atoms with Crippen LogP contribution in [0.15, 0.2) is 0 Å². The Labute approximate surface area is 121 Å². The first-order valence-corrected chi connectivity index (χ1v) is 9.43. The first kappa shape index (κ1) is 19.1. The predicted octanol–water partition coefficient (Wildman–Crippen LogP) is 2.96. The molecule has 0 saturated heterocycles. The Morgan fingerprint density at radius 3 is 1.21 bits per heavy atom. The lowest BCUT2D eigenvalue weighted by atomic mass is 10.4. The van der Waals surface area contributed by atoms with E-state index in [9.17, 15) is 0 Å². The molecule has 0 aromatic rings. The quantitative estimate of drug-likeness (QED) is 0.578. The van der Waals surface area contributed by atoms with Crippen LogP contribution in [0.25, 0.3) is 0 Å². The molecule has 0 amide bonds. The summed E-state index contributed by atoms with van der Waals surface area (Å²) in [6.45, 7) is 20.7. The van der Waals surface area contributed by atoms with Crippen LogP contribution < -0.4 is 0 Å². The molecule has 0 aliphatic carbocycles. The maximum Gasteiger partial charge on any atom is 0.522 e. The maximum atomic E-state index is 6.27. The first-order valence-electron chi connectivity index (χ1n) is 7.72. The van der Waals surface area contributed by atoms with E-state index in [-0.39, 0.29) is 0 Å². The number of rotatable bonds is 10. The second kappa shape index (κ2) is 9.08. The molecule has 5 heteroatoms. The zero-order chi connectivity index (χ0) is 15.1. The van der Waals surface area contributed by atoms with Gasteiger partial charge in [-0.15, -0.1) is 0 Å². The minimum absolute atomic E-state index is 0.419. The highest BCUT2D eigenvalue weighted by Crippen LogP contribution is 2.24. The Morgan fingerprint density at radius 1 is 0.737 bits per heavy atom. The van der Waals surface area contributed by atoms with Gasteiger partial charge in [0.25, 0.3) is 0 Å². The fraction of sp³-hybridized carbons (Fsp3) is 1.00. The lowest BCUT2D eigenvalue weighted by Crippen LogP contribution is -2.72. The lowest BCUT2D eigenvalue weighted by molar-refractivity contribution is 0.0453. The van der Waals surface area contributed by atoms with E-state index in [1.165, 1.54) is 0 Å². The summed E-state index contributed by atoms with van der Waals surface area (Å²) in [6, 6.07) is 0.838. The normalized spacial score (nSPS) is 13.3. The molecule has 0 spiro atoms. The summed E-state index contributed by atoms with van der Waals surface area (Å²) in [6.07, 6.45) is 0. The van der Waals surface area contributed by atoms with Gasteiger partial charge in [-0.1, -0.05) is 41.5 Å². The van der Waals surface area contributed by atoms with Crippen LogP contribution in [-0.2, 0) is 8.85 Å². The fourth-order valence-corrected chi connectivity index (χ4v) is 6.63. The van der Waals surface area contributed by atoms with E-state index in [1.54, 1.807) is 0 Å². The molecule has 116 valence electrons. The van der Waals surface area contributed by atoms with Gasteiger partial charge in [0.05, 0.1) is 0 Å². The van der Waals surface area contributed by atoms with Gasteiger partial charge in [0.2, 0.25) is 0 Å². The second-order valence-electron chi connectivity index (χ2n) is 5.17. The molecule has 0 rings (SSSR count). The first-order chi connectivity index (χ1) is 8.91. The van der Waals surface area contributed by atoms with Gasteiger partial charge in [-0.2, -0.15) is 0 Å². The number of hydrogen-bond donors (Lipinski definition) is 0. The van der Waals surface area contributed by atoms with Gasteiger partial charge in [-0.3, -0.25) is 9.13 Å². The molecule has 0 aliphatic rings. The fourth-order valence-electron chi connectivity index (χ4n) is 2.70. The average molecular weight is 291 g/mol. The highest BCUT2D eigenvalue weighted by Gasteiger charge is 2.52. The van der Waals surface area contributed by atoms with Crippen LogP contribution in [0.3, 0.4) is 0 Å².